The van der Waals surface area contributed by atoms with Gasteiger partial charge in [0, 0.05) is 43.2 Å². The van der Waals surface area contributed by atoms with Crippen molar-refractivity contribution in [1.29, 1.82) is 0 Å². The van der Waals surface area contributed by atoms with Gasteiger partial charge in [0.2, 0.25) is 0 Å². The van der Waals surface area contributed by atoms with Crippen molar-refractivity contribution in [2.24, 2.45) is 11.8 Å². The molecule has 128 valence electrons. The molecule has 3 aliphatic rings. The molecule has 1 aromatic heterocycles. The third-order valence-corrected chi connectivity index (χ3v) is 6.15. The van der Waals surface area contributed by atoms with E-state index in [4.69, 9.17) is 14.2 Å². The Labute approximate surface area is 141 Å². The predicted octanol–water partition coefficient (Wildman–Crippen LogP) is 2.18. The third kappa shape index (κ3) is 3.77. The lowest BCUT2D eigenvalue weighted by Crippen LogP contribution is -2.52. The number of hydrogen-bond donors (Lipinski definition) is 0. The summed E-state index contributed by atoms with van der Waals surface area (Å²) in [4.78, 5) is 6.93. The van der Waals surface area contributed by atoms with Crippen LogP contribution in [0.15, 0.2) is 11.6 Å². The van der Waals surface area contributed by atoms with Crippen molar-refractivity contribution in [3.63, 3.8) is 0 Å². The largest absolute Gasteiger partial charge is 0.381 e. The van der Waals surface area contributed by atoms with E-state index in [0.29, 0.717) is 30.6 Å². The molecular formula is C17H26N2O3S. The SMILES string of the molecule is c1csc(COC[C@@H]2CC[C@@H]3[C@@H]2OCCN3C[C@H]2CCOC2)n1. The van der Waals surface area contributed by atoms with Crippen molar-refractivity contribution in [3.8, 4) is 0 Å². The van der Waals surface area contributed by atoms with Crippen LogP contribution < -0.4 is 0 Å². The second kappa shape index (κ2) is 7.57. The zero-order valence-electron chi connectivity index (χ0n) is 13.6. The predicted molar refractivity (Wildman–Crippen MR) is 88.5 cm³/mol. The van der Waals surface area contributed by atoms with Crippen LogP contribution in [0, 0.1) is 11.8 Å². The van der Waals surface area contributed by atoms with Gasteiger partial charge in [-0.15, -0.1) is 11.3 Å². The molecule has 0 radical (unpaired) electrons. The second-order valence-electron chi connectivity index (χ2n) is 6.91. The summed E-state index contributed by atoms with van der Waals surface area (Å²) in [6.07, 6.45) is 5.86. The van der Waals surface area contributed by atoms with Crippen LogP contribution in [-0.2, 0) is 20.8 Å². The Hall–Kier alpha value is -0.530. The van der Waals surface area contributed by atoms with Crippen LogP contribution in [-0.4, -0.2) is 61.5 Å². The Kier molecular flexibility index (Phi) is 5.26. The number of ether oxygens (including phenoxy) is 3. The van der Waals surface area contributed by atoms with Crippen LogP contribution in [0.5, 0.6) is 0 Å². The average molecular weight is 338 g/mol. The molecule has 3 heterocycles. The molecule has 1 aromatic rings. The minimum atomic E-state index is 0.349. The summed E-state index contributed by atoms with van der Waals surface area (Å²) in [5.41, 5.74) is 0. The molecule has 4 rings (SSSR count). The first-order valence-electron chi connectivity index (χ1n) is 8.79. The van der Waals surface area contributed by atoms with Gasteiger partial charge in [0.15, 0.2) is 0 Å². The van der Waals surface area contributed by atoms with Gasteiger partial charge < -0.3 is 14.2 Å². The minimum absolute atomic E-state index is 0.349. The van der Waals surface area contributed by atoms with E-state index in [1.54, 1.807) is 11.3 Å². The Bertz CT molecular complexity index is 478. The minimum Gasteiger partial charge on any atom is -0.381 e. The van der Waals surface area contributed by atoms with Gasteiger partial charge in [0.25, 0.3) is 0 Å². The van der Waals surface area contributed by atoms with Gasteiger partial charge in [0.1, 0.15) is 5.01 Å². The van der Waals surface area contributed by atoms with Gasteiger partial charge in [-0.05, 0) is 25.2 Å². The van der Waals surface area contributed by atoms with Crippen molar-refractivity contribution in [3.05, 3.63) is 16.6 Å². The van der Waals surface area contributed by atoms with E-state index in [-0.39, 0.29) is 0 Å². The fraction of sp³-hybridized carbons (Fsp3) is 0.824. The molecule has 1 saturated carbocycles. The first kappa shape index (κ1) is 16.0. The third-order valence-electron chi connectivity index (χ3n) is 5.39. The van der Waals surface area contributed by atoms with E-state index in [2.05, 4.69) is 9.88 Å². The van der Waals surface area contributed by atoms with Crippen molar-refractivity contribution in [1.82, 2.24) is 9.88 Å². The zero-order chi connectivity index (χ0) is 15.5. The Morgan fingerprint density at radius 2 is 2.30 bits per heavy atom. The highest BCUT2D eigenvalue weighted by Gasteiger charge is 2.43. The van der Waals surface area contributed by atoms with Crippen LogP contribution in [0.1, 0.15) is 24.3 Å². The molecule has 0 spiro atoms. The second-order valence-corrected chi connectivity index (χ2v) is 7.88. The topological polar surface area (TPSA) is 43.8 Å². The highest BCUT2D eigenvalue weighted by Crippen LogP contribution is 2.35. The molecular weight excluding hydrogens is 312 g/mol. The quantitative estimate of drug-likeness (QED) is 0.795. The van der Waals surface area contributed by atoms with Gasteiger partial charge in [-0.2, -0.15) is 0 Å². The maximum absolute atomic E-state index is 6.13. The molecule has 1 aliphatic carbocycles. The fourth-order valence-electron chi connectivity index (χ4n) is 4.22. The Morgan fingerprint density at radius 3 is 3.13 bits per heavy atom. The van der Waals surface area contributed by atoms with Gasteiger partial charge in [-0.3, -0.25) is 4.90 Å². The number of nitrogens with zero attached hydrogens (tertiary/aromatic N) is 2. The monoisotopic (exact) mass is 338 g/mol. The first-order chi connectivity index (χ1) is 11.4. The molecule has 23 heavy (non-hydrogen) atoms. The van der Waals surface area contributed by atoms with Gasteiger partial charge >= 0.3 is 0 Å². The molecule has 4 atom stereocenters. The van der Waals surface area contributed by atoms with Gasteiger partial charge in [0.05, 0.1) is 32.5 Å². The number of fused-ring (bicyclic) bond motifs is 1. The number of rotatable bonds is 6. The van der Waals surface area contributed by atoms with E-state index >= 15 is 0 Å². The summed E-state index contributed by atoms with van der Waals surface area (Å²) in [5, 5.41) is 3.06. The zero-order valence-corrected chi connectivity index (χ0v) is 14.4. The van der Waals surface area contributed by atoms with Crippen LogP contribution >= 0.6 is 11.3 Å². The van der Waals surface area contributed by atoms with Gasteiger partial charge in [-0.1, -0.05) is 0 Å². The maximum atomic E-state index is 6.13. The summed E-state index contributed by atoms with van der Waals surface area (Å²) < 4.78 is 17.6. The van der Waals surface area contributed by atoms with E-state index < -0.39 is 0 Å². The van der Waals surface area contributed by atoms with Crippen LogP contribution in [0.2, 0.25) is 0 Å². The fourth-order valence-corrected chi connectivity index (χ4v) is 4.77. The maximum Gasteiger partial charge on any atom is 0.118 e. The average Bonchev–Trinajstić information content (AvgIpc) is 3.30. The number of aromatic nitrogens is 1. The van der Waals surface area contributed by atoms with Crippen LogP contribution in [0.3, 0.4) is 0 Å². The lowest BCUT2D eigenvalue weighted by molar-refractivity contribution is -0.0899. The summed E-state index contributed by atoms with van der Waals surface area (Å²) in [5.74, 6) is 1.25. The van der Waals surface area contributed by atoms with Crippen LogP contribution in [0.4, 0.5) is 0 Å². The Balaban J connectivity index is 1.28. The summed E-state index contributed by atoms with van der Waals surface area (Å²) in [7, 11) is 0. The number of thiazole rings is 1. The van der Waals surface area contributed by atoms with E-state index in [9.17, 15) is 0 Å². The smallest absolute Gasteiger partial charge is 0.118 e. The number of hydrogen-bond acceptors (Lipinski definition) is 6. The molecule has 3 fully saturated rings. The molecule has 5 nitrogen and oxygen atoms in total. The van der Waals surface area contributed by atoms with Crippen molar-refractivity contribution < 1.29 is 14.2 Å². The number of morpholine rings is 1. The highest BCUT2D eigenvalue weighted by atomic mass is 32.1. The lowest BCUT2D eigenvalue weighted by atomic mass is 10.0. The van der Waals surface area contributed by atoms with Crippen molar-refractivity contribution >= 4 is 11.3 Å². The lowest BCUT2D eigenvalue weighted by Gasteiger charge is -2.40. The highest BCUT2D eigenvalue weighted by molar-refractivity contribution is 7.09. The molecule has 0 unspecified atom stereocenters. The van der Waals surface area contributed by atoms with Crippen molar-refractivity contribution in [2.75, 3.05) is 39.5 Å². The molecule has 0 bridgehead atoms. The first-order valence-corrected chi connectivity index (χ1v) is 9.67. The molecule has 2 saturated heterocycles. The summed E-state index contributed by atoms with van der Waals surface area (Å²) >= 11 is 1.66. The van der Waals surface area contributed by atoms with Crippen LogP contribution in [0.25, 0.3) is 0 Å². The van der Waals surface area contributed by atoms with Gasteiger partial charge in [-0.25, -0.2) is 4.98 Å². The van der Waals surface area contributed by atoms with Crippen molar-refractivity contribution in [2.45, 2.75) is 38.0 Å². The van der Waals surface area contributed by atoms with E-state index in [1.807, 2.05) is 11.6 Å². The molecule has 0 amide bonds. The molecule has 0 aromatic carbocycles. The Morgan fingerprint density at radius 1 is 1.30 bits per heavy atom. The summed E-state index contributed by atoms with van der Waals surface area (Å²) in [6, 6.07) is 0.581. The van der Waals surface area contributed by atoms with E-state index in [0.717, 1.165) is 38.0 Å². The standard InChI is InChI=1S/C17H26N2O3S/c1-2-15-17(14(1)11-21-12-16-18-4-8-23-16)22-7-5-19(15)9-13-3-6-20-10-13/h4,8,13-15,17H,1-3,5-7,9-12H2/t13-,14+,15-,17-/m1/s1. The molecule has 0 N–H and O–H groups in total. The van der Waals surface area contributed by atoms with E-state index in [1.165, 1.54) is 25.8 Å². The summed E-state index contributed by atoms with van der Waals surface area (Å²) in [6.45, 7) is 6.42. The molecule has 2 aliphatic heterocycles. The normalized spacial score (nSPS) is 34.8. The molecule has 6 heteroatoms.